The smallest absolute Gasteiger partial charge is 0.253 e. The number of aromatic nitrogens is 3. The molecule has 1 amide bonds. The van der Waals surface area contributed by atoms with Gasteiger partial charge in [-0.1, -0.05) is 37.3 Å². The first-order valence-electron chi connectivity index (χ1n) is 11.0. The zero-order valence-electron chi connectivity index (χ0n) is 18.5. The van der Waals surface area contributed by atoms with Crippen molar-refractivity contribution in [3.63, 3.8) is 0 Å². The minimum atomic E-state index is -0.307. The molecular weight excluding hydrogens is 404 g/mol. The number of amides is 1. The van der Waals surface area contributed by atoms with Crippen molar-refractivity contribution in [1.29, 1.82) is 0 Å². The zero-order chi connectivity index (χ0) is 22.5. The number of ether oxygens (including phenoxy) is 1. The topological polar surface area (TPSA) is 86.1 Å². The molecule has 1 N–H and O–H groups in total. The largest absolute Gasteiger partial charge is 0.373 e. The van der Waals surface area contributed by atoms with Gasteiger partial charge in [0.25, 0.3) is 5.91 Å². The predicted octanol–water partition coefficient (Wildman–Crippen LogP) is 4.07. The van der Waals surface area contributed by atoms with Crippen molar-refractivity contribution < 1.29 is 14.3 Å². The molecule has 4 rings (SSSR count). The molecule has 0 fully saturated rings. The summed E-state index contributed by atoms with van der Waals surface area (Å²) in [6.45, 7) is 5.35. The van der Waals surface area contributed by atoms with Gasteiger partial charge in [-0.3, -0.25) is 19.6 Å². The predicted molar refractivity (Wildman–Crippen MR) is 120 cm³/mol. The highest BCUT2D eigenvalue weighted by Gasteiger charge is 2.28. The van der Waals surface area contributed by atoms with Crippen LogP contribution in [0, 0.1) is 0 Å². The number of Topliss-reactive ketones (excluding diaryl/α,β-unsaturated/α-hetero) is 1. The van der Waals surface area contributed by atoms with Crippen molar-refractivity contribution in [2.45, 2.75) is 51.8 Å². The Bertz CT molecular complexity index is 1080. The molecule has 0 saturated heterocycles. The van der Waals surface area contributed by atoms with Crippen molar-refractivity contribution in [2.75, 3.05) is 6.61 Å². The third-order valence-electron chi connectivity index (χ3n) is 6.01. The van der Waals surface area contributed by atoms with E-state index in [1.807, 2.05) is 29.7 Å². The average molecular weight is 433 g/mol. The normalized spacial score (nSPS) is 14.9. The van der Waals surface area contributed by atoms with Crippen LogP contribution in [0.5, 0.6) is 0 Å². The summed E-state index contributed by atoms with van der Waals surface area (Å²) in [6.07, 6.45) is 6.10. The summed E-state index contributed by atoms with van der Waals surface area (Å²) in [5.41, 5.74) is 3.64. The minimum Gasteiger partial charge on any atom is -0.373 e. The molecule has 0 radical (unpaired) electrons. The number of rotatable bonds is 8. The Balaban J connectivity index is 1.57. The SMILES string of the molecule is CC[C@@H](CC(=O)c1cc(C(=O)NC(C)c2cnccn2)c2n1CCOC2)c1ccccc1. The van der Waals surface area contributed by atoms with Crippen LogP contribution in [-0.4, -0.2) is 32.8 Å². The Morgan fingerprint density at radius 3 is 2.75 bits per heavy atom. The van der Waals surface area contributed by atoms with E-state index in [4.69, 9.17) is 4.74 Å². The summed E-state index contributed by atoms with van der Waals surface area (Å²) in [7, 11) is 0. The Kier molecular flexibility index (Phi) is 6.75. The molecule has 0 aliphatic carbocycles. The standard InChI is InChI=1S/C25H28N4O3/c1-3-18(19-7-5-4-6-8-19)13-24(30)22-14-20(23-16-32-12-11-29(22)23)25(31)28-17(2)21-15-26-9-10-27-21/h4-10,14-15,17-18H,3,11-13,16H2,1-2H3,(H,28,31)/t17?,18-/m0/s1. The van der Waals surface area contributed by atoms with E-state index in [0.717, 1.165) is 17.7 Å². The Morgan fingerprint density at radius 2 is 2.03 bits per heavy atom. The van der Waals surface area contributed by atoms with E-state index in [-0.39, 0.29) is 23.7 Å². The van der Waals surface area contributed by atoms with Crippen molar-refractivity contribution in [3.05, 3.63) is 83.2 Å². The summed E-state index contributed by atoms with van der Waals surface area (Å²) < 4.78 is 7.56. The summed E-state index contributed by atoms with van der Waals surface area (Å²) >= 11 is 0. The third kappa shape index (κ3) is 4.62. The van der Waals surface area contributed by atoms with Gasteiger partial charge in [0.05, 0.1) is 48.1 Å². The number of hydrogen-bond donors (Lipinski definition) is 1. The van der Waals surface area contributed by atoms with Crippen LogP contribution in [0.3, 0.4) is 0 Å². The lowest BCUT2D eigenvalue weighted by atomic mass is 9.90. The molecule has 3 aromatic rings. The van der Waals surface area contributed by atoms with Crippen molar-refractivity contribution in [3.8, 4) is 0 Å². The number of carbonyl (C=O) groups excluding carboxylic acids is 2. The number of benzene rings is 1. The molecule has 0 bridgehead atoms. The van der Waals surface area contributed by atoms with E-state index in [9.17, 15) is 9.59 Å². The van der Waals surface area contributed by atoms with Crippen LogP contribution in [0.25, 0.3) is 0 Å². The fourth-order valence-corrected chi connectivity index (χ4v) is 4.19. The summed E-state index contributed by atoms with van der Waals surface area (Å²) in [5, 5.41) is 2.97. The molecule has 3 heterocycles. The van der Waals surface area contributed by atoms with Gasteiger partial charge in [0, 0.05) is 25.4 Å². The molecule has 2 aromatic heterocycles. The number of nitrogens with zero attached hydrogens (tertiary/aromatic N) is 3. The van der Waals surface area contributed by atoms with Gasteiger partial charge in [-0.25, -0.2) is 0 Å². The fraction of sp³-hybridized carbons (Fsp3) is 0.360. The Labute approximate surface area is 187 Å². The first-order valence-corrected chi connectivity index (χ1v) is 11.0. The maximum Gasteiger partial charge on any atom is 0.253 e. The highest BCUT2D eigenvalue weighted by atomic mass is 16.5. The molecule has 1 unspecified atom stereocenters. The minimum absolute atomic E-state index is 0.0462. The van der Waals surface area contributed by atoms with Crippen molar-refractivity contribution >= 4 is 11.7 Å². The van der Waals surface area contributed by atoms with E-state index < -0.39 is 0 Å². The molecule has 32 heavy (non-hydrogen) atoms. The Morgan fingerprint density at radius 1 is 1.22 bits per heavy atom. The van der Waals surface area contributed by atoms with E-state index in [1.165, 1.54) is 0 Å². The number of fused-ring (bicyclic) bond motifs is 1. The zero-order valence-corrected chi connectivity index (χ0v) is 18.5. The van der Waals surface area contributed by atoms with Gasteiger partial charge in [0.2, 0.25) is 0 Å². The quantitative estimate of drug-likeness (QED) is 0.543. The summed E-state index contributed by atoms with van der Waals surface area (Å²) in [5.74, 6) is -0.0555. The first-order chi connectivity index (χ1) is 15.6. The second-order valence-electron chi connectivity index (χ2n) is 8.06. The van der Waals surface area contributed by atoms with Crippen LogP contribution in [0.15, 0.2) is 55.0 Å². The van der Waals surface area contributed by atoms with Gasteiger partial charge >= 0.3 is 0 Å². The second-order valence-corrected chi connectivity index (χ2v) is 8.06. The van der Waals surface area contributed by atoms with Crippen LogP contribution in [0.4, 0.5) is 0 Å². The van der Waals surface area contributed by atoms with Crippen molar-refractivity contribution in [2.24, 2.45) is 0 Å². The maximum atomic E-state index is 13.3. The van der Waals surface area contributed by atoms with Gasteiger partial charge in [-0.05, 0) is 30.9 Å². The van der Waals surface area contributed by atoms with E-state index in [0.29, 0.717) is 43.1 Å². The Hall–Kier alpha value is -3.32. The number of ketones is 1. The maximum absolute atomic E-state index is 13.3. The molecule has 0 saturated carbocycles. The fourth-order valence-electron chi connectivity index (χ4n) is 4.19. The van der Waals surface area contributed by atoms with E-state index in [2.05, 4.69) is 34.3 Å². The molecule has 7 nitrogen and oxygen atoms in total. The molecule has 0 spiro atoms. The number of nitrogens with one attached hydrogen (secondary N) is 1. The van der Waals surface area contributed by atoms with Gasteiger partial charge in [0.1, 0.15) is 0 Å². The lowest BCUT2D eigenvalue weighted by Gasteiger charge is -2.20. The van der Waals surface area contributed by atoms with Gasteiger partial charge in [-0.2, -0.15) is 0 Å². The van der Waals surface area contributed by atoms with Crippen LogP contribution >= 0.6 is 0 Å². The van der Waals surface area contributed by atoms with Gasteiger partial charge < -0.3 is 14.6 Å². The number of hydrogen-bond acceptors (Lipinski definition) is 5. The lowest BCUT2D eigenvalue weighted by Crippen LogP contribution is -2.29. The summed E-state index contributed by atoms with van der Waals surface area (Å²) in [4.78, 5) is 34.7. The molecule has 1 aliphatic heterocycles. The highest BCUT2D eigenvalue weighted by molar-refractivity contribution is 6.01. The molecule has 166 valence electrons. The molecule has 1 aliphatic rings. The van der Waals surface area contributed by atoms with Crippen molar-refractivity contribution in [1.82, 2.24) is 19.9 Å². The van der Waals surface area contributed by atoms with Crippen LogP contribution in [-0.2, 0) is 17.9 Å². The van der Waals surface area contributed by atoms with E-state index in [1.54, 1.807) is 24.7 Å². The lowest BCUT2D eigenvalue weighted by molar-refractivity contribution is 0.0781. The molecular formula is C25H28N4O3. The molecule has 7 heteroatoms. The van der Waals surface area contributed by atoms with Crippen LogP contribution in [0.2, 0.25) is 0 Å². The third-order valence-corrected chi connectivity index (χ3v) is 6.01. The van der Waals surface area contributed by atoms with Gasteiger partial charge in [0.15, 0.2) is 5.78 Å². The van der Waals surface area contributed by atoms with E-state index >= 15 is 0 Å². The molecule has 2 atom stereocenters. The number of carbonyl (C=O) groups is 2. The average Bonchev–Trinajstić information content (AvgIpc) is 3.23. The monoisotopic (exact) mass is 432 g/mol. The second kappa shape index (κ2) is 9.87. The first kappa shape index (κ1) is 21.9. The highest BCUT2D eigenvalue weighted by Crippen LogP contribution is 2.28. The van der Waals surface area contributed by atoms with Crippen LogP contribution < -0.4 is 5.32 Å². The molecule has 1 aromatic carbocycles. The van der Waals surface area contributed by atoms with Crippen LogP contribution in [0.1, 0.15) is 76.4 Å². The summed E-state index contributed by atoms with van der Waals surface area (Å²) in [6, 6.07) is 11.5. The van der Waals surface area contributed by atoms with Gasteiger partial charge in [-0.15, -0.1) is 0 Å².